The Kier molecular flexibility index (Phi) is 24.5. The largest absolute Gasteiger partial charge is 0.508 e. The van der Waals surface area contributed by atoms with Crippen molar-refractivity contribution in [3.8, 4) is 0 Å². The number of rotatable bonds is 24. The normalized spacial score (nSPS) is 11.1. The molecular weight excluding hydrogens is 448 g/mol. The van der Waals surface area contributed by atoms with Crippen molar-refractivity contribution in [3.05, 3.63) is 0 Å². The first kappa shape index (κ1) is 33.5. The highest BCUT2D eigenvalue weighted by Crippen LogP contribution is 2.16. The lowest BCUT2D eigenvalue weighted by molar-refractivity contribution is -0.0170. The van der Waals surface area contributed by atoms with Crippen molar-refractivity contribution in [2.24, 2.45) is 0 Å². The summed E-state index contributed by atoms with van der Waals surface area (Å²) in [5, 5.41) is 0. The van der Waals surface area contributed by atoms with Crippen molar-refractivity contribution in [2.45, 2.75) is 143 Å². The molecule has 0 saturated heterocycles. The Hall–Kier alpha value is -1.50. The van der Waals surface area contributed by atoms with Gasteiger partial charge >= 0.3 is 12.3 Å². The molecule has 0 radical (unpaired) electrons. The van der Waals surface area contributed by atoms with Crippen LogP contribution >= 0.6 is 0 Å². The zero-order valence-corrected chi connectivity index (χ0v) is 23.2. The fraction of sp³-hybridized carbons (Fsp3) is 0.929. The lowest BCUT2D eigenvalue weighted by atomic mass is 10.0. The molecule has 0 aromatic carbocycles. The van der Waals surface area contributed by atoms with E-state index in [1.807, 2.05) is 0 Å². The first-order chi connectivity index (χ1) is 17.1. The molecule has 0 unspecified atom stereocenters. The Morgan fingerprint density at radius 2 is 0.857 bits per heavy atom. The number of hydrogen-bond donors (Lipinski definition) is 0. The zero-order chi connectivity index (χ0) is 26.0. The van der Waals surface area contributed by atoms with Gasteiger partial charge in [0.05, 0.1) is 12.7 Å². The first-order valence-electron chi connectivity index (χ1n) is 14.3. The SMILES string of the molecule is CCCCCC(CCCCC)OCCOC(=O)OCCOC(=O)OC(CCCCC)CCCCC. The zero-order valence-electron chi connectivity index (χ0n) is 23.2. The third-order valence-corrected chi connectivity index (χ3v) is 5.96. The molecule has 0 heterocycles. The van der Waals surface area contributed by atoms with E-state index in [9.17, 15) is 9.59 Å². The topological polar surface area (TPSA) is 80.3 Å². The summed E-state index contributed by atoms with van der Waals surface area (Å²) in [4.78, 5) is 23.7. The van der Waals surface area contributed by atoms with Crippen LogP contribution in [0.5, 0.6) is 0 Å². The van der Waals surface area contributed by atoms with Crippen molar-refractivity contribution < 1.29 is 33.3 Å². The maximum absolute atomic E-state index is 12.0. The molecule has 7 nitrogen and oxygen atoms in total. The van der Waals surface area contributed by atoms with E-state index < -0.39 is 12.3 Å². The maximum Gasteiger partial charge on any atom is 0.508 e. The van der Waals surface area contributed by atoms with E-state index in [0.717, 1.165) is 77.0 Å². The number of unbranched alkanes of at least 4 members (excludes halogenated alkanes) is 8. The van der Waals surface area contributed by atoms with Gasteiger partial charge in [-0.1, -0.05) is 91.9 Å². The van der Waals surface area contributed by atoms with Crippen LogP contribution in [0.4, 0.5) is 9.59 Å². The third kappa shape index (κ3) is 22.7. The number of ether oxygens (including phenoxy) is 5. The Balaban J connectivity index is 4.00. The van der Waals surface area contributed by atoms with E-state index in [4.69, 9.17) is 23.7 Å². The van der Waals surface area contributed by atoms with Gasteiger partial charge in [0.15, 0.2) is 0 Å². The van der Waals surface area contributed by atoms with Crippen LogP contribution in [0.2, 0.25) is 0 Å². The molecule has 0 fully saturated rings. The Labute approximate surface area is 214 Å². The average Bonchev–Trinajstić information content (AvgIpc) is 2.84. The molecule has 0 atom stereocenters. The van der Waals surface area contributed by atoms with Crippen LogP contribution in [-0.2, 0) is 23.7 Å². The Morgan fingerprint density at radius 3 is 1.29 bits per heavy atom. The highest BCUT2D eigenvalue weighted by Gasteiger charge is 2.16. The fourth-order valence-corrected chi connectivity index (χ4v) is 3.86. The highest BCUT2D eigenvalue weighted by molar-refractivity contribution is 5.60. The van der Waals surface area contributed by atoms with Crippen LogP contribution < -0.4 is 0 Å². The number of hydrogen-bond acceptors (Lipinski definition) is 7. The molecule has 208 valence electrons. The molecule has 0 spiro atoms. The van der Waals surface area contributed by atoms with Gasteiger partial charge in [0.25, 0.3) is 0 Å². The summed E-state index contributed by atoms with van der Waals surface area (Å²) in [7, 11) is 0. The van der Waals surface area contributed by atoms with E-state index in [1.165, 1.54) is 25.7 Å². The summed E-state index contributed by atoms with van der Waals surface area (Å²) in [5.74, 6) is 0. The summed E-state index contributed by atoms with van der Waals surface area (Å²) in [5.41, 5.74) is 0. The number of carbonyl (C=O) groups is 2. The lowest BCUT2D eigenvalue weighted by Gasteiger charge is -2.18. The summed E-state index contributed by atoms with van der Waals surface area (Å²) >= 11 is 0. The van der Waals surface area contributed by atoms with Crippen molar-refractivity contribution in [1.29, 1.82) is 0 Å². The van der Waals surface area contributed by atoms with Crippen LogP contribution in [0, 0.1) is 0 Å². The minimum atomic E-state index is -0.781. The summed E-state index contributed by atoms with van der Waals surface area (Å²) in [6.07, 6.45) is 16.2. The van der Waals surface area contributed by atoms with Gasteiger partial charge in [-0.2, -0.15) is 0 Å². The van der Waals surface area contributed by atoms with Gasteiger partial charge in [-0.25, -0.2) is 9.59 Å². The van der Waals surface area contributed by atoms with Gasteiger partial charge in [0, 0.05) is 0 Å². The summed E-state index contributed by atoms with van der Waals surface area (Å²) in [6, 6.07) is 0. The Bertz CT molecular complexity index is 464. The molecule has 0 amide bonds. The van der Waals surface area contributed by atoms with E-state index >= 15 is 0 Å². The summed E-state index contributed by atoms with van der Waals surface area (Å²) < 4.78 is 26.5. The molecule has 7 heteroatoms. The van der Waals surface area contributed by atoms with Crippen LogP contribution in [0.25, 0.3) is 0 Å². The van der Waals surface area contributed by atoms with Crippen LogP contribution in [0.15, 0.2) is 0 Å². The van der Waals surface area contributed by atoms with E-state index in [-0.39, 0.29) is 32.0 Å². The lowest BCUT2D eigenvalue weighted by Crippen LogP contribution is -2.22. The molecule has 0 bridgehead atoms. The van der Waals surface area contributed by atoms with Crippen molar-refractivity contribution in [2.75, 3.05) is 26.4 Å². The number of carbonyl (C=O) groups excluding carboxylic acids is 2. The highest BCUT2D eigenvalue weighted by atomic mass is 16.8. The van der Waals surface area contributed by atoms with E-state index in [0.29, 0.717) is 6.61 Å². The third-order valence-electron chi connectivity index (χ3n) is 5.96. The van der Waals surface area contributed by atoms with Gasteiger partial charge < -0.3 is 23.7 Å². The molecule has 0 rings (SSSR count). The second-order valence-electron chi connectivity index (χ2n) is 9.26. The van der Waals surface area contributed by atoms with Crippen LogP contribution in [0.3, 0.4) is 0 Å². The van der Waals surface area contributed by atoms with Crippen LogP contribution in [0.1, 0.15) is 130 Å². The Morgan fingerprint density at radius 1 is 0.486 bits per heavy atom. The molecule has 0 aliphatic rings. The minimum absolute atomic E-state index is 0.0575. The minimum Gasteiger partial charge on any atom is -0.432 e. The standard InChI is InChI=1S/C28H54O7/c1-5-9-13-17-25(18-14-10-6-2)31-21-22-32-27(29)33-23-24-34-28(30)35-26(19-15-11-7-3)20-16-12-8-4/h25-26H,5-24H2,1-4H3. The molecule has 0 aromatic heterocycles. The first-order valence-corrected chi connectivity index (χ1v) is 14.3. The van der Waals surface area contributed by atoms with Gasteiger partial charge in [0.2, 0.25) is 0 Å². The fourth-order valence-electron chi connectivity index (χ4n) is 3.86. The molecule has 0 aliphatic heterocycles. The quantitative estimate of drug-likeness (QED) is 0.0968. The van der Waals surface area contributed by atoms with E-state index in [2.05, 4.69) is 27.7 Å². The average molecular weight is 503 g/mol. The van der Waals surface area contributed by atoms with Gasteiger partial charge in [-0.15, -0.1) is 0 Å². The smallest absolute Gasteiger partial charge is 0.432 e. The molecule has 0 saturated carbocycles. The van der Waals surface area contributed by atoms with Crippen molar-refractivity contribution in [3.63, 3.8) is 0 Å². The molecule has 0 aliphatic carbocycles. The molecular formula is C28H54O7. The molecule has 0 aromatic rings. The molecule has 0 N–H and O–H groups in total. The van der Waals surface area contributed by atoms with Crippen molar-refractivity contribution in [1.82, 2.24) is 0 Å². The summed E-state index contributed by atoms with van der Waals surface area (Å²) in [6.45, 7) is 9.08. The van der Waals surface area contributed by atoms with Gasteiger partial charge in [-0.3, -0.25) is 0 Å². The van der Waals surface area contributed by atoms with E-state index in [1.54, 1.807) is 0 Å². The maximum atomic E-state index is 12.0. The predicted molar refractivity (Wildman–Crippen MR) is 140 cm³/mol. The van der Waals surface area contributed by atoms with Gasteiger partial charge in [0.1, 0.15) is 25.9 Å². The molecule has 35 heavy (non-hydrogen) atoms. The second-order valence-corrected chi connectivity index (χ2v) is 9.26. The van der Waals surface area contributed by atoms with Crippen molar-refractivity contribution >= 4 is 12.3 Å². The predicted octanol–water partition coefficient (Wildman–Crippen LogP) is 8.37. The van der Waals surface area contributed by atoms with Gasteiger partial charge in [-0.05, 0) is 38.5 Å². The van der Waals surface area contributed by atoms with Crippen LogP contribution in [-0.4, -0.2) is 50.9 Å². The monoisotopic (exact) mass is 502 g/mol. The second kappa shape index (κ2) is 25.6.